The van der Waals surface area contributed by atoms with E-state index in [1.165, 1.54) is 0 Å². The van der Waals surface area contributed by atoms with E-state index in [0.717, 1.165) is 17.7 Å². The van der Waals surface area contributed by atoms with Crippen molar-refractivity contribution in [3.05, 3.63) is 22.4 Å². The monoisotopic (exact) mass is 378 g/mol. The Labute approximate surface area is 157 Å². The van der Waals surface area contributed by atoms with Crippen molar-refractivity contribution < 1.29 is 14.4 Å². The maximum absolute atomic E-state index is 12.8. The molecule has 0 aromatic carbocycles. The van der Waals surface area contributed by atoms with Crippen LogP contribution in [0.4, 0.5) is 4.79 Å². The highest BCUT2D eigenvalue weighted by molar-refractivity contribution is 7.09. The minimum absolute atomic E-state index is 0.101. The van der Waals surface area contributed by atoms with Crippen LogP contribution in [0.5, 0.6) is 0 Å². The first-order valence-electron chi connectivity index (χ1n) is 9.18. The van der Waals surface area contributed by atoms with E-state index in [0.29, 0.717) is 45.6 Å². The second-order valence-corrected chi connectivity index (χ2v) is 8.06. The number of nitrogens with two attached hydrogens (primary N) is 1. The number of hydrogen-bond acceptors (Lipinski definition) is 4. The van der Waals surface area contributed by atoms with E-state index in [-0.39, 0.29) is 29.7 Å². The van der Waals surface area contributed by atoms with Crippen LogP contribution in [0.25, 0.3) is 0 Å². The molecule has 1 atom stereocenters. The molecular weight excluding hydrogens is 352 g/mol. The molecule has 3 rings (SSSR count). The van der Waals surface area contributed by atoms with Gasteiger partial charge in [0.2, 0.25) is 11.8 Å². The van der Waals surface area contributed by atoms with Crippen molar-refractivity contribution in [1.82, 2.24) is 15.1 Å². The summed E-state index contributed by atoms with van der Waals surface area (Å²) < 4.78 is 0. The van der Waals surface area contributed by atoms with Crippen molar-refractivity contribution in [1.29, 1.82) is 0 Å². The number of urea groups is 1. The number of nitrogens with one attached hydrogen (secondary N) is 1. The van der Waals surface area contributed by atoms with Gasteiger partial charge in [0.15, 0.2) is 0 Å². The smallest absolute Gasteiger partial charge is 0.317 e. The zero-order valence-corrected chi connectivity index (χ0v) is 15.7. The molecule has 26 heavy (non-hydrogen) atoms. The number of piperidine rings is 2. The van der Waals surface area contributed by atoms with Gasteiger partial charge in [0.1, 0.15) is 0 Å². The summed E-state index contributed by atoms with van der Waals surface area (Å²) >= 11 is 1.61. The molecule has 3 heterocycles. The molecule has 0 aliphatic carbocycles. The Morgan fingerprint density at radius 1 is 1.12 bits per heavy atom. The molecule has 0 saturated carbocycles. The van der Waals surface area contributed by atoms with Crippen molar-refractivity contribution in [3.63, 3.8) is 0 Å². The average molecular weight is 378 g/mol. The second-order valence-electron chi connectivity index (χ2n) is 7.03. The molecule has 3 N–H and O–H groups in total. The molecule has 8 heteroatoms. The number of nitrogens with zero attached hydrogens (tertiary/aromatic N) is 2. The van der Waals surface area contributed by atoms with Crippen LogP contribution in [0.2, 0.25) is 0 Å². The molecule has 7 nitrogen and oxygen atoms in total. The van der Waals surface area contributed by atoms with E-state index in [1.54, 1.807) is 16.2 Å². The number of amides is 4. The maximum atomic E-state index is 12.8. The Balaban J connectivity index is 1.49. The first kappa shape index (κ1) is 18.7. The van der Waals surface area contributed by atoms with Crippen molar-refractivity contribution in [2.75, 3.05) is 26.2 Å². The van der Waals surface area contributed by atoms with Crippen molar-refractivity contribution >= 4 is 29.2 Å². The summed E-state index contributed by atoms with van der Waals surface area (Å²) in [5, 5.41) is 4.92. The number of primary amides is 1. The summed E-state index contributed by atoms with van der Waals surface area (Å²) in [6, 6.07) is 3.84. The van der Waals surface area contributed by atoms with Crippen molar-refractivity contribution in [2.24, 2.45) is 17.6 Å². The van der Waals surface area contributed by atoms with Crippen LogP contribution < -0.4 is 11.1 Å². The first-order chi connectivity index (χ1) is 12.5. The summed E-state index contributed by atoms with van der Waals surface area (Å²) in [5.74, 6) is -0.446. The first-order valence-corrected chi connectivity index (χ1v) is 10.1. The predicted molar refractivity (Wildman–Crippen MR) is 99.4 cm³/mol. The van der Waals surface area contributed by atoms with Crippen LogP contribution >= 0.6 is 11.3 Å². The lowest BCUT2D eigenvalue weighted by Gasteiger charge is -2.37. The molecule has 1 aromatic rings. The highest BCUT2D eigenvalue weighted by Gasteiger charge is 2.33. The predicted octanol–water partition coefficient (Wildman–Crippen LogP) is 1.39. The summed E-state index contributed by atoms with van der Waals surface area (Å²) in [7, 11) is 0. The van der Waals surface area contributed by atoms with Gasteiger partial charge in [-0.05, 0) is 37.1 Å². The third-order valence-electron chi connectivity index (χ3n) is 5.26. The quantitative estimate of drug-likeness (QED) is 0.829. The van der Waals surface area contributed by atoms with Gasteiger partial charge in [0.05, 0.1) is 12.5 Å². The molecular formula is C18H26N4O3S. The lowest BCUT2D eigenvalue weighted by atomic mass is 9.92. The van der Waals surface area contributed by atoms with Crippen LogP contribution in [0.15, 0.2) is 17.5 Å². The standard InChI is InChI=1S/C18H26N4O3S/c19-16(23)13-5-8-21(9-6-13)17(24)14-3-1-7-22(12-14)18(25)20-11-15-4-2-10-26-15/h2,4,10,13-14H,1,3,5-9,11-12H2,(H2,19,23)(H,20,25). The van der Waals surface area contributed by atoms with Crippen LogP contribution in [0, 0.1) is 11.8 Å². The fraction of sp³-hybridized carbons (Fsp3) is 0.611. The number of likely N-dealkylation sites (tertiary alicyclic amines) is 2. The number of thiophene rings is 1. The second kappa shape index (κ2) is 8.53. The minimum Gasteiger partial charge on any atom is -0.369 e. The molecule has 2 aliphatic heterocycles. The van der Waals surface area contributed by atoms with E-state index < -0.39 is 0 Å². The molecule has 4 amide bonds. The number of rotatable bonds is 4. The highest BCUT2D eigenvalue weighted by Crippen LogP contribution is 2.23. The molecule has 0 radical (unpaired) electrons. The summed E-state index contributed by atoms with van der Waals surface area (Å²) in [6.45, 7) is 2.82. The third-order valence-corrected chi connectivity index (χ3v) is 6.14. The van der Waals surface area contributed by atoms with Crippen LogP contribution in [-0.2, 0) is 16.1 Å². The molecule has 0 bridgehead atoms. The summed E-state index contributed by atoms with van der Waals surface area (Å²) in [5.41, 5.74) is 5.35. The Morgan fingerprint density at radius 2 is 1.88 bits per heavy atom. The fourth-order valence-corrected chi connectivity index (χ4v) is 4.34. The van der Waals surface area contributed by atoms with Crippen LogP contribution in [0.1, 0.15) is 30.6 Å². The Morgan fingerprint density at radius 3 is 2.54 bits per heavy atom. The van der Waals surface area contributed by atoms with E-state index >= 15 is 0 Å². The third kappa shape index (κ3) is 4.55. The van der Waals surface area contributed by atoms with Crippen molar-refractivity contribution in [2.45, 2.75) is 32.2 Å². The highest BCUT2D eigenvalue weighted by atomic mass is 32.1. The SMILES string of the molecule is NC(=O)C1CCN(C(=O)C2CCCN(C(=O)NCc3cccs3)C2)CC1. The Bertz CT molecular complexity index is 641. The summed E-state index contributed by atoms with van der Waals surface area (Å²) in [4.78, 5) is 41.1. The van der Waals surface area contributed by atoms with Gasteiger partial charge in [-0.2, -0.15) is 0 Å². The Kier molecular flexibility index (Phi) is 6.13. The van der Waals surface area contributed by atoms with Gasteiger partial charge >= 0.3 is 6.03 Å². The zero-order chi connectivity index (χ0) is 18.5. The van der Waals surface area contributed by atoms with E-state index in [2.05, 4.69) is 5.32 Å². The normalized spacial score (nSPS) is 21.5. The molecule has 1 aromatic heterocycles. The lowest BCUT2D eigenvalue weighted by molar-refractivity contribution is -0.139. The van der Waals surface area contributed by atoms with Gasteiger partial charge < -0.3 is 20.9 Å². The average Bonchev–Trinajstić information content (AvgIpc) is 3.19. The largest absolute Gasteiger partial charge is 0.369 e. The molecule has 0 spiro atoms. The molecule has 1 unspecified atom stereocenters. The summed E-state index contributed by atoms with van der Waals surface area (Å²) in [6.07, 6.45) is 2.92. The molecule has 2 fully saturated rings. The Hall–Kier alpha value is -2.09. The molecule has 2 aliphatic rings. The number of carbonyl (C=O) groups is 3. The van der Waals surface area contributed by atoms with Gasteiger partial charge in [0.25, 0.3) is 0 Å². The fourth-order valence-electron chi connectivity index (χ4n) is 3.69. The number of hydrogen-bond donors (Lipinski definition) is 2. The zero-order valence-electron chi connectivity index (χ0n) is 14.9. The van der Waals surface area contributed by atoms with Gasteiger partial charge in [-0.3, -0.25) is 9.59 Å². The van der Waals surface area contributed by atoms with Gasteiger partial charge in [-0.25, -0.2) is 4.79 Å². The minimum atomic E-state index is -0.275. The lowest BCUT2D eigenvalue weighted by Crippen LogP contribution is -2.51. The molecule has 2 saturated heterocycles. The van der Waals surface area contributed by atoms with E-state index in [4.69, 9.17) is 5.73 Å². The van der Waals surface area contributed by atoms with Crippen molar-refractivity contribution in [3.8, 4) is 0 Å². The van der Waals surface area contributed by atoms with Gasteiger partial charge in [-0.1, -0.05) is 6.07 Å². The van der Waals surface area contributed by atoms with E-state index in [9.17, 15) is 14.4 Å². The topological polar surface area (TPSA) is 95.7 Å². The van der Waals surface area contributed by atoms with Gasteiger partial charge in [-0.15, -0.1) is 11.3 Å². The number of carbonyl (C=O) groups excluding carboxylic acids is 3. The maximum Gasteiger partial charge on any atom is 0.317 e. The van der Waals surface area contributed by atoms with Crippen LogP contribution in [-0.4, -0.2) is 53.8 Å². The van der Waals surface area contributed by atoms with Gasteiger partial charge in [0, 0.05) is 37.0 Å². The van der Waals surface area contributed by atoms with Crippen LogP contribution in [0.3, 0.4) is 0 Å². The van der Waals surface area contributed by atoms with E-state index in [1.807, 2.05) is 22.4 Å². The molecule has 142 valence electrons.